The van der Waals surface area contributed by atoms with Gasteiger partial charge >= 0.3 is 0 Å². The fourth-order valence-corrected chi connectivity index (χ4v) is 3.23. The van der Waals surface area contributed by atoms with Crippen LogP contribution in [0.3, 0.4) is 0 Å². The summed E-state index contributed by atoms with van der Waals surface area (Å²) in [5, 5.41) is 0. The van der Waals surface area contributed by atoms with Gasteiger partial charge in [0.1, 0.15) is 9.79 Å². The lowest BCUT2D eigenvalue weighted by Gasteiger charge is -2.11. The molecule has 2 aromatic rings. The van der Waals surface area contributed by atoms with E-state index in [1.165, 1.54) is 0 Å². The molecular weight excluding hydrogens is 379 g/mol. The zero-order valence-electron chi connectivity index (χ0n) is 10.7. The maximum absolute atomic E-state index is 13.5. The number of rotatable bonds is 2. The fraction of sp³-hybridized carbons (Fsp3) is 0. The molecule has 0 N–H and O–H groups in total. The molecule has 0 bridgehead atoms. The molecule has 0 saturated heterocycles. The van der Waals surface area contributed by atoms with Gasteiger partial charge in [-0.15, -0.1) is 0 Å². The number of hydrogen-bond acceptors (Lipinski definition) is 2. The van der Waals surface area contributed by atoms with Gasteiger partial charge < -0.3 is 0 Å². The monoisotopic (exact) mass is 380 g/mol. The third-order valence-corrected chi connectivity index (χ3v) is 4.57. The molecule has 0 fully saturated rings. The quantitative estimate of drug-likeness (QED) is 0.344. The van der Waals surface area contributed by atoms with Crippen LogP contribution >= 0.6 is 0 Å². The van der Waals surface area contributed by atoms with Gasteiger partial charge in [0.15, 0.2) is 46.5 Å². The van der Waals surface area contributed by atoms with Crippen LogP contribution in [0.15, 0.2) is 15.9 Å². The van der Waals surface area contributed by atoms with E-state index >= 15 is 0 Å². The van der Waals surface area contributed by atoms with Gasteiger partial charge in [-0.2, -0.15) is 0 Å². The van der Waals surface area contributed by atoms with Crippen molar-refractivity contribution in [1.82, 2.24) is 0 Å². The maximum atomic E-state index is 13.5. The molecule has 0 aliphatic heterocycles. The second kappa shape index (κ2) is 5.69. The lowest BCUT2D eigenvalue weighted by molar-refractivity contribution is 0.356. The minimum atomic E-state index is -6.20. The Hall–Kier alpha value is -2.24. The van der Waals surface area contributed by atoms with Crippen molar-refractivity contribution >= 4 is 9.84 Å². The molecule has 24 heavy (non-hydrogen) atoms. The van der Waals surface area contributed by atoms with E-state index in [9.17, 15) is 47.9 Å². The standard InChI is InChI=1S/C12HF9O2S/c13-2-1-3(14)5(16)11(4(2)15)24(22,23)12-9(20)7(18)6(17)8(19)10(12)21/h1H. The van der Waals surface area contributed by atoms with E-state index < -0.39 is 78.0 Å². The van der Waals surface area contributed by atoms with Crippen molar-refractivity contribution in [2.75, 3.05) is 0 Å². The van der Waals surface area contributed by atoms with Crippen LogP contribution < -0.4 is 0 Å². The van der Waals surface area contributed by atoms with Gasteiger partial charge in [0.05, 0.1) is 0 Å². The highest BCUT2D eigenvalue weighted by molar-refractivity contribution is 7.91. The van der Waals surface area contributed by atoms with Crippen molar-refractivity contribution in [3.8, 4) is 0 Å². The van der Waals surface area contributed by atoms with Crippen LogP contribution in [0.5, 0.6) is 0 Å². The Morgan fingerprint density at radius 2 is 0.792 bits per heavy atom. The van der Waals surface area contributed by atoms with Gasteiger partial charge in [0, 0.05) is 6.07 Å². The van der Waals surface area contributed by atoms with Crippen molar-refractivity contribution < 1.29 is 47.9 Å². The smallest absolute Gasteiger partial charge is 0.218 e. The van der Waals surface area contributed by atoms with Gasteiger partial charge in [-0.1, -0.05) is 0 Å². The van der Waals surface area contributed by atoms with Crippen molar-refractivity contribution in [2.24, 2.45) is 0 Å². The number of benzene rings is 2. The van der Waals surface area contributed by atoms with Gasteiger partial charge in [-0.25, -0.2) is 47.9 Å². The summed E-state index contributed by atoms with van der Waals surface area (Å²) < 4.78 is 143. The van der Waals surface area contributed by atoms with E-state index in [0.29, 0.717) is 0 Å². The SMILES string of the molecule is O=S(=O)(c1c(F)c(F)cc(F)c1F)c1c(F)c(F)c(F)c(F)c1F. The first-order valence-corrected chi connectivity index (χ1v) is 7.00. The first-order valence-electron chi connectivity index (χ1n) is 5.52. The average Bonchev–Trinajstić information content (AvgIpc) is 2.49. The lowest BCUT2D eigenvalue weighted by Crippen LogP contribution is -2.17. The Labute approximate surface area is 127 Å². The molecule has 0 radical (unpaired) electrons. The maximum Gasteiger partial charge on any atom is 0.218 e. The third-order valence-electron chi connectivity index (χ3n) is 2.78. The van der Waals surface area contributed by atoms with Gasteiger partial charge in [-0.3, -0.25) is 0 Å². The molecule has 0 aromatic heterocycles. The fourth-order valence-electron chi connectivity index (χ4n) is 1.71. The molecule has 0 saturated carbocycles. The summed E-state index contributed by atoms with van der Waals surface area (Å²) in [6.45, 7) is 0. The molecule has 2 nitrogen and oxygen atoms in total. The summed E-state index contributed by atoms with van der Waals surface area (Å²) in [4.78, 5) is -5.19. The highest BCUT2D eigenvalue weighted by Gasteiger charge is 2.39. The van der Waals surface area contributed by atoms with E-state index in [1.54, 1.807) is 0 Å². The first-order chi connectivity index (χ1) is 10.9. The minimum Gasteiger partial charge on any atom is -0.218 e. The van der Waals surface area contributed by atoms with E-state index in [1.807, 2.05) is 0 Å². The zero-order chi connectivity index (χ0) is 18.6. The molecular formula is C12HF9O2S. The average molecular weight is 380 g/mol. The zero-order valence-corrected chi connectivity index (χ0v) is 11.5. The van der Waals surface area contributed by atoms with Gasteiger partial charge in [-0.05, 0) is 0 Å². The predicted molar refractivity (Wildman–Crippen MR) is 58.0 cm³/mol. The summed E-state index contributed by atoms with van der Waals surface area (Å²) in [5.74, 6) is -23.8. The van der Waals surface area contributed by atoms with Crippen LogP contribution in [-0.4, -0.2) is 8.42 Å². The summed E-state index contributed by atoms with van der Waals surface area (Å²) >= 11 is 0. The Balaban J connectivity index is 3.00. The Kier molecular flexibility index (Phi) is 4.29. The molecule has 0 amide bonds. The summed E-state index contributed by atoms with van der Waals surface area (Å²) in [6, 6.07) is -0.414. The first kappa shape index (κ1) is 18.1. The number of sulfone groups is 1. The molecule has 2 aromatic carbocycles. The molecule has 0 atom stereocenters. The molecule has 0 spiro atoms. The highest BCUT2D eigenvalue weighted by atomic mass is 32.2. The Morgan fingerprint density at radius 1 is 0.500 bits per heavy atom. The molecule has 0 aliphatic rings. The van der Waals surface area contributed by atoms with Crippen LogP contribution in [0, 0.1) is 52.4 Å². The third kappa shape index (κ3) is 2.41. The van der Waals surface area contributed by atoms with E-state index in [2.05, 4.69) is 0 Å². The molecule has 12 heteroatoms. The van der Waals surface area contributed by atoms with Crippen LogP contribution in [0.1, 0.15) is 0 Å². The molecule has 2 rings (SSSR count). The van der Waals surface area contributed by atoms with E-state index in [0.717, 1.165) is 0 Å². The summed E-state index contributed by atoms with van der Waals surface area (Å²) in [6.07, 6.45) is 0. The van der Waals surface area contributed by atoms with Crippen LogP contribution in [-0.2, 0) is 9.84 Å². The molecule has 130 valence electrons. The van der Waals surface area contributed by atoms with E-state index in [4.69, 9.17) is 0 Å². The van der Waals surface area contributed by atoms with Crippen molar-refractivity contribution in [3.63, 3.8) is 0 Å². The Morgan fingerprint density at radius 3 is 1.17 bits per heavy atom. The lowest BCUT2D eigenvalue weighted by atomic mass is 10.3. The normalized spacial score (nSPS) is 11.9. The summed E-state index contributed by atoms with van der Waals surface area (Å²) in [5.41, 5.74) is 0. The predicted octanol–water partition coefficient (Wildman–Crippen LogP) is 3.77. The van der Waals surface area contributed by atoms with Crippen molar-refractivity contribution in [2.45, 2.75) is 9.79 Å². The Bertz CT molecular complexity index is 914. The molecule has 0 unspecified atom stereocenters. The summed E-state index contributed by atoms with van der Waals surface area (Å²) in [7, 11) is -6.20. The van der Waals surface area contributed by atoms with Gasteiger partial charge in [0.25, 0.3) is 0 Å². The molecule has 0 heterocycles. The largest absolute Gasteiger partial charge is 0.218 e. The van der Waals surface area contributed by atoms with Crippen molar-refractivity contribution in [3.05, 3.63) is 58.4 Å². The van der Waals surface area contributed by atoms with Crippen molar-refractivity contribution in [1.29, 1.82) is 0 Å². The second-order valence-electron chi connectivity index (χ2n) is 4.20. The van der Waals surface area contributed by atoms with Crippen LogP contribution in [0.2, 0.25) is 0 Å². The van der Waals surface area contributed by atoms with Crippen LogP contribution in [0.25, 0.3) is 0 Å². The topological polar surface area (TPSA) is 34.1 Å². The van der Waals surface area contributed by atoms with Crippen LogP contribution in [0.4, 0.5) is 39.5 Å². The van der Waals surface area contributed by atoms with E-state index in [-0.39, 0.29) is 0 Å². The highest BCUT2D eigenvalue weighted by Crippen LogP contribution is 2.34. The number of halogens is 9. The molecule has 0 aliphatic carbocycles. The number of hydrogen-bond donors (Lipinski definition) is 0. The van der Waals surface area contributed by atoms with Gasteiger partial charge in [0.2, 0.25) is 15.7 Å². The second-order valence-corrected chi connectivity index (χ2v) is 6.02. The minimum absolute atomic E-state index is 0.414.